The van der Waals surface area contributed by atoms with Crippen molar-refractivity contribution in [2.75, 3.05) is 0 Å². The summed E-state index contributed by atoms with van der Waals surface area (Å²) >= 11 is 1.26. The number of rotatable bonds is 6. The fourth-order valence-electron chi connectivity index (χ4n) is 2.27. The summed E-state index contributed by atoms with van der Waals surface area (Å²) in [5.41, 5.74) is 1.28. The molecule has 10 heteroatoms. The van der Waals surface area contributed by atoms with E-state index in [9.17, 15) is 10.1 Å². The molecule has 0 aliphatic carbocycles. The molecule has 2 aromatic heterocycles. The molecule has 0 bridgehead atoms. The van der Waals surface area contributed by atoms with Gasteiger partial charge < -0.3 is 8.83 Å². The lowest BCUT2D eigenvalue weighted by Gasteiger charge is -1.95. The molecule has 0 amide bonds. The van der Waals surface area contributed by atoms with Gasteiger partial charge in [0.1, 0.15) is 0 Å². The number of nitrogens with zero attached hydrogens (tertiary/aromatic N) is 5. The van der Waals surface area contributed by atoms with Crippen LogP contribution in [-0.2, 0) is 5.75 Å². The maximum absolute atomic E-state index is 10.9. The number of hydrogen-bond acceptors (Lipinski definition) is 9. The zero-order chi connectivity index (χ0) is 18.6. The predicted molar refractivity (Wildman–Crippen MR) is 95.7 cm³/mol. The number of nitro benzene ring substituents is 1. The van der Waals surface area contributed by atoms with Crippen molar-refractivity contribution >= 4 is 17.4 Å². The van der Waals surface area contributed by atoms with E-state index in [-0.39, 0.29) is 11.6 Å². The lowest BCUT2D eigenvalue weighted by Crippen LogP contribution is -1.88. The normalized spacial score (nSPS) is 10.8. The first kappa shape index (κ1) is 16.9. The molecule has 0 spiro atoms. The van der Waals surface area contributed by atoms with Crippen LogP contribution >= 0.6 is 11.8 Å². The van der Waals surface area contributed by atoms with Gasteiger partial charge in [0, 0.05) is 23.3 Å². The van der Waals surface area contributed by atoms with E-state index in [4.69, 9.17) is 8.83 Å². The van der Waals surface area contributed by atoms with E-state index in [1.807, 2.05) is 30.3 Å². The number of hydrogen-bond donors (Lipinski definition) is 0. The Morgan fingerprint density at radius 1 is 0.889 bits per heavy atom. The summed E-state index contributed by atoms with van der Waals surface area (Å²) in [4.78, 5) is 10.4. The second-order valence-electron chi connectivity index (χ2n) is 5.34. The molecule has 0 aliphatic heterocycles. The van der Waals surface area contributed by atoms with Crippen molar-refractivity contribution in [1.82, 2.24) is 20.4 Å². The van der Waals surface area contributed by atoms with Gasteiger partial charge in [-0.05, 0) is 18.2 Å². The molecule has 134 valence electrons. The first-order valence-corrected chi connectivity index (χ1v) is 8.76. The Kier molecular flexibility index (Phi) is 4.62. The minimum atomic E-state index is -0.476. The van der Waals surface area contributed by atoms with Crippen LogP contribution in [0.3, 0.4) is 0 Å². The molecular formula is C17H11N5O4S. The smallest absolute Gasteiger partial charge is 0.277 e. The van der Waals surface area contributed by atoms with Crippen molar-refractivity contribution in [1.29, 1.82) is 0 Å². The molecule has 0 N–H and O–H groups in total. The van der Waals surface area contributed by atoms with Gasteiger partial charge in [-0.1, -0.05) is 36.0 Å². The molecule has 0 atom stereocenters. The number of thioether (sulfide) groups is 1. The van der Waals surface area contributed by atoms with E-state index in [1.165, 1.54) is 23.9 Å². The minimum Gasteiger partial charge on any atom is -0.420 e. The highest BCUT2D eigenvalue weighted by Gasteiger charge is 2.14. The Hall–Kier alpha value is -3.53. The zero-order valence-electron chi connectivity index (χ0n) is 13.7. The van der Waals surface area contributed by atoms with Crippen LogP contribution < -0.4 is 0 Å². The largest absolute Gasteiger partial charge is 0.420 e. The Labute approximate surface area is 156 Å². The minimum absolute atomic E-state index is 0.0408. The fraction of sp³-hybridized carbons (Fsp3) is 0.0588. The summed E-state index contributed by atoms with van der Waals surface area (Å²) in [5.74, 6) is 1.32. The molecule has 27 heavy (non-hydrogen) atoms. The van der Waals surface area contributed by atoms with Gasteiger partial charge in [0.05, 0.1) is 10.7 Å². The van der Waals surface area contributed by atoms with E-state index in [0.29, 0.717) is 28.3 Å². The van der Waals surface area contributed by atoms with Gasteiger partial charge in [0.2, 0.25) is 17.7 Å². The van der Waals surface area contributed by atoms with Crippen molar-refractivity contribution in [2.45, 2.75) is 11.0 Å². The van der Waals surface area contributed by atoms with Gasteiger partial charge in [0.25, 0.3) is 10.9 Å². The molecule has 0 aliphatic rings. The van der Waals surface area contributed by atoms with Gasteiger partial charge in [-0.3, -0.25) is 10.1 Å². The van der Waals surface area contributed by atoms with Gasteiger partial charge in [-0.25, -0.2) is 0 Å². The quantitative estimate of drug-likeness (QED) is 0.277. The molecule has 0 saturated carbocycles. The first-order chi connectivity index (χ1) is 13.2. The van der Waals surface area contributed by atoms with Crippen LogP contribution in [0.4, 0.5) is 5.69 Å². The summed E-state index contributed by atoms with van der Waals surface area (Å²) in [6.45, 7) is 0. The molecule has 4 aromatic rings. The van der Waals surface area contributed by atoms with Crippen LogP contribution in [0.2, 0.25) is 0 Å². The summed E-state index contributed by atoms with van der Waals surface area (Å²) in [6.07, 6.45) is 0. The predicted octanol–water partition coefficient (Wildman–Crippen LogP) is 3.99. The fourth-order valence-corrected chi connectivity index (χ4v) is 2.87. The van der Waals surface area contributed by atoms with E-state index in [2.05, 4.69) is 20.4 Å². The van der Waals surface area contributed by atoms with Crippen LogP contribution in [-0.4, -0.2) is 25.3 Å². The second kappa shape index (κ2) is 7.38. The third-order valence-electron chi connectivity index (χ3n) is 3.52. The Morgan fingerprint density at radius 2 is 1.63 bits per heavy atom. The van der Waals surface area contributed by atoms with E-state index in [1.54, 1.807) is 12.1 Å². The highest BCUT2D eigenvalue weighted by molar-refractivity contribution is 7.98. The third-order valence-corrected chi connectivity index (χ3v) is 4.32. The number of non-ortho nitro benzene ring substituents is 1. The summed E-state index contributed by atoms with van der Waals surface area (Å²) in [6, 6.07) is 15.5. The number of benzene rings is 2. The van der Waals surface area contributed by atoms with E-state index < -0.39 is 4.92 Å². The van der Waals surface area contributed by atoms with Crippen molar-refractivity contribution < 1.29 is 13.8 Å². The van der Waals surface area contributed by atoms with Crippen LogP contribution in [0, 0.1) is 10.1 Å². The van der Waals surface area contributed by atoms with Crippen LogP contribution in [0.5, 0.6) is 0 Å². The molecule has 0 fully saturated rings. The molecule has 0 radical (unpaired) electrons. The Bertz CT molecular complexity index is 1080. The van der Waals surface area contributed by atoms with Crippen molar-refractivity contribution in [2.24, 2.45) is 0 Å². The molecule has 2 aromatic carbocycles. The average molecular weight is 381 g/mol. The monoisotopic (exact) mass is 381 g/mol. The van der Waals surface area contributed by atoms with E-state index in [0.717, 1.165) is 5.56 Å². The van der Waals surface area contributed by atoms with Crippen LogP contribution in [0.25, 0.3) is 22.9 Å². The summed E-state index contributed by atoms with van der Waals surface area (Å²) in [7, 11) is 0. The van der Waals surface area contributed by atoms with Gasteiger partial charge >= 0.3 is 0 Å². The van der Waals surface area contributed by atoms with Crippen LogP contribution in [0.15, 0.2) is 68.7 Å². The summed E-state index contributed by atoms with van der Waals surface area (Å²) < 4.78 is 11.2. The third kappa shape index (κ3) is 3.85. The Balaban J connectivity index is 1.44. The zero-order valence-corrected chi connectivity index (χ0v) is 14.5. The van der Waals surface area contributed by atoms with Gasteiger partial charge in [0.15, 0.2) is 0 Å². The number of nitro groups is 1. The molecule has 0 unspecified atom stereocenters. The van der Waals surface area contributed by atoms with E-state index >= 15 is 0 Å². The van der Waals surface area contributed by atoms with Crippen molar-refractivity contribution in [3.05, 3.63) is 70.6 Å². The molecule has 9 nitrogen and oxygen atoms in total. The standard InChI is InChI=1S/C17H11N5O4S/c23-22(24)13-8-4-7-12(9-13)16-19-18-14(25-16)10-27-17-21-20-15(26-17)11-5-2-1-3-6-11/h1-9H,10H2. The van der Waals surface area contributed by atoms with Gasteiger partial charge in [-0.15, -0.1) is 20.4 Å². The molecular weight excluding hydrogens is 370 g/mol. The number of aromatic nitrogens is 4. The maximum Gasteiger partial charge on any atom is 0.277 e. The first-order valence-electron chi connectivity index (χ1n) is 7.78. The average Bonchev–Trinajstić information content (AvgIpc) is 3.37. The molecule has 2 heterocycles. The molecule has 0 saturated heterocycles. The van der Waals surface area contributed by atoms with Crippen molar-refractivity contribution in [3.8, 4) is 22.9 Å². The second-order valence-corrected chi connectivity index (χ2v) is 6.26. The highest BCUT2D eigenvalue weighted by atomic mass is 32.2. The highest BCUT2D eigenvalue weighted by Crippen LogP contribution is 2.27. The lowest BCUT2D eigenvalue weighted by atomic mass is 10.2. The maximum atomic E-state index is 10.9. The molecule has 4 rings (SSSR count). The SMILES string of the molecule is O=[N+]([O-])c1cccc(-c2nnc(CSc3nnc(-c4ccccc4)o3)o2)c1. The van der Waals surface area contributed by atoms with Crippen LogP contribution in [0.1, 0.15) is 5.89 Å². The summed E-state index contributed by atoms with van der Waals surface area (Å²) in [5, 5.41) is 27.1. The topological polar surface area (TPSA) is 121 Å². The Morgan fingerprint density at radius 3 is 2.44 bits per heavy atom. The van der Waals surface area contributed by atoms with Crippen molar-refractivity contribution in [3.63, 3.8) is 0 Å². The van der Waals surface area contributed by atoms with Gasteiger partial charge in [-0.2, -0.15) is 0 Å². The lowest BCUT2D eigenvalue weighted by molar-refractivity contribution is -0.384.